The highest BCUT2D eigenvalue weighted by molar-refractivity contribution is 14.0. The van der Waals surface area contributed by atoms with Gasteiger partial charge in [-0.05, 0) is 27.3 Å². The molecule has 1 heterocycles. The highest BCUT2D eigenvalue weighted by Crippen LogP contribution is 2.05. The van der Waals surface area contributed by atoms with E-state index in [1.807, 2.05) is 7.05 Å². The summed E-state index contributed by atoms with van der Waals surface area (Å²) >= 11 is 0. The molecule has 1 fully saturated rings. The minimum atomic E-state index is 0. The second kappa shape index (κ2) is 10.6. The van der Waals surface area contributed by atoms with Gasteiger partial charge in [0.25, 0.3) is 0 Å². The molecule has 0 aliphatic carbocycles. The molecule has 0 aromatic carbocycles. The zero-order chi connectivity index (χ0) is 14.3. The summed E-state index contributed by atoms with van der Waals surface area (Å²) in [5, 5.41) is 6.72. The van der Waals surface area contributed by atoms with Gasteiger partial charge in [0.1, 0.15) is 0 Å². The van der Waals surface area contributed by atoms with Crippen molar-refractivity contribution < 1.29 is 0 Å². The van der Waals surface area contributed by atoms with Crippen LogP contribution in [0.4, 0.5) is 0 Å². The summed E-state index contributed by atoms with van der Waals surface area (Å²) in [6.07, 6.45) is 0. The first-order chi connectivity index (χ1) is 9.06. The normalized spacial score (nSPS) is 19.6. The van der Waals surface area contributed by atoms with E-state index in [1.54, 1.807) is 0 Å². The second-order valence-corrected chi connectivity index (χ2v) is 5.57. The van der Waals surface area contributed by atoms with E-state index in [0.29, 0.717) is 12.1 Å². The Morgan fingerprint density at radius 2 is 1.75 bits per heavy atom. The number of piperazine rings is 1. The Morgan fingerprint density at radius 1 is 1.15 bits per heavy atom. The minimum absolute atomic E-state index is 0. The summed E-state index contributed by atoms with van der Waals surface area (Å²) in [5.74, 6) is 0.897. The van der Waals surface area contributed by atoms with Gasteiger partial charge >= 0.3 is 0 Å². The first kappa shape index (κ1) is 19.9. The molecule has 0 aromatic heterocycles. The Hall–Kier alpha value is -0.0800. The zero-order valence-corrected chi connectivity index (χ0v) is 16.0. The Balaban J connectivity index is 0.00000361. The molecule has 0 amide bonds. The van der Waals surface area contributed by atoms with Crippen LogP contribution in [0.5, 0.6) is 0 Å². The summed E-state index contributed by atoms with van der Waals surface area (Å²) in [7, 11) is 1.82. The van der Waals surface area contributed by atoms with Crippen LogP contribution in [0.2, 0.25) is 0 Å². The lowest BCUT2D eigenvalue weighted by molar-refractivity contribution is 0.107. The van der Waals surface area contributed by atoms with Gasteiger partial charge in [0, 0.05) is 51.9 Å². The summed E-state index contributed by atoms with van der Waals surface area (Å²) < 4.78 is 0. The highest BCUT2D eigenvalue weighted by Gasteiger charge is 2.20. The molecule has 120 valence electrons. The minimum Gasteiger partial charge on any atom is -0.355 e. The lowest BCUT2D eigenvalue weighted by atomic mass is 10.2. The molecule has 0 radical (unpaired) electrons. The lowest BCUT2D eigenvalue weighted by Gasteiger charge is -2.37. The lowest BCUT2D eigenvalue weighted by Crippen LogP contribution is -2.53. The number of halogens is 1. The molecular weight excluding hydrogens is 365 g/mol. The van der Waals surface area contributed by atoms with Crippen molar-refractivity contribution in [3.63, 3.8) is 0 Å². The summed E-state index contributed by atoms with van der Waals surface area (Å²) in [6.45, 7) is 15.6. The standard InChI is InChI=1S/C14H31N5.HI/c1-6-18-7-9-19(10-8-18)13(4)11-16-14(15-5)17-12(2)3;/h12-13H,6-11H2,1-5H3,(H2,15,16,17);1H. The van der Waals surface area contributed by atoms with Crippen molar-refractivity contribution >= 4 is 29.9 Å². The van der Waals surface area contributed by atoms with E-state index in [-0.39, 0.29) is 24.0 Å². The second-order valence-electron chi connectivity index (χ2n) is 5.57. The quantitative estimate of drug-likeness (QED) is 0.416. The molecule has 1 unspecified atom stereocenters. The average molecular weight is 397 g/mol. The maximum atomic E-state index is 4.24. The molecule has 1 saturated heterocycles. The number of nitrogens with one attached hydrogen (secondary N) is 2. The van der Waals surface area contributed by atoms with Gasteiger partial charge in [0.15, 0.2) is 5.96 Å². The third-order valence-electron chi connectivity index (χ3n) is 3.69. The van der Waals surface area contributed by atoms with Gasteiger partial charge in [0.2, 0.25) is 0 Å². The van der Waals surface area contributed by atoms with E-state index < -0.39 is 0 Å². The van der Waals surface area contributed by atoms with Crippen LogP contribution in [0.1, 0.15) is 27.7 Å². The maximum absolute atomic E-state index is 4.24. The van der Waals surface area contributed by atoms with E-state index in [2.05, 4.69) is 53.1 Å². The van der Waals surface area contributed by atoms with Crippen molar-refractivity contribution in [3.8, 4) is 0 Å². The monoisotopic (exact) mass is 397 g/mol. The summed E-state index contributed by atoms with van der Waals surface area (Å²) in [4.78, 5) is 9.31. The predicted octanol–water partition coefficient (Wildman–Crippen LogP) is 1.20. The largest absolute Gasteiger partial charge is 0.355 e. The number of nitrogens with zero attached hydrogens (tertiary/aromatic N) is 3. The van der Waals surface area contributed by atoms with Gasteiger partial charge in [-0.2, -0.15) is 0 Å². The van der Waals surface area contributed by atoms with Crippen LogP contribution < -0.4 is 10.6 Å². The van der Waals surface area contributed by atoms with E-state index in [1.165, 1.54) is 32.7 Å². The van der Waals surface area contributed by atoms with Crippen molar-refractivity contribution in [2.24, 2.45) is 4.99 Å². The number of hydrogen-bond acceptors (Lipinski definition) is 3. The summed E-state index contributed by atoms with van der Waals surface area (Å²) in [5.41, 5.74) is 0. The van der Waals surface area contributed by atoms with Crippen LogP contribution >= 0.6 is 24.0 Å². The van der Waals surface area contributed by atoms with Crippen molar-refractivity contribution in [2.45, 2.75) is 39.8 Å². The molecule has 0 spiro atoms. The van der Waals surface area contributed by atoms with Crippen molar-refractivity contribution in [1.82, 2.24) is 20.4 Å². The van der Waals surface area contributed by atoms with Gasteiger partial charge in [-0.25, -0.2) is 0 Å². The topological polar surface area (TPSA) is 42.9 Å². The highest BCUT2D eigenvalue weighted by atomic mass is 127. The smallest absolute Gasteiger partial charge is 0.191 e. The van der Waals surface area contributed by atoms with Gasteiger partial charge < -0.3 is 15.5 Å². The third-order valence-corrected chi connectivity index (χ3v) is 3.69. The molecule has 20 heavy (non-hydrogen) atoms. The number of aliphatic imine (C=N–C) groups is 1. The first-order valence-electron chi connectivity index (χ1n) is 7.50. The van der Waals surface area contributed by atoms with E-state index in [4.69, 9.17) is 0 Å². The molecule has 0 bridgehead atoms. The molecule has 1 atom stereocenters. The molecule has 0 saturated carbocycles. The molecule has 6 heteroatoms. The Morgan fingerprint density at radius 3 is 2.20 bits per heavy atom. The average Bonchev–Trinajstić information content (AvgIpc) is 2.42. The Labute approximate surface area is 141 Å². The molecule has 5 nitrogen and oxygen atoms in total. The van der Waals surface area contributed by atoms with Gasteiger partial charge in [0.05, 0.1) is 0 Å². The first-order valence-corrected chi connectivity index (χ1v) is 7.50. The fourth-order valence-corrected chi connectivity index (χ4v) is 2.36. The number of rotatable bonds is 5. The Bertz CT molecular complexity index is 275. The summed E-state index contributed by atoms with van der Waals surface area (Å²) in [6, 6.07) is 0.958. The van der Waals surface area contributed by atoms with E-state index in [0.717, 1.165) is 12.5 Å². The molecule has 1 aliphatic rings. The van der Waals surface area contributed by atoms with Crippen LogP contribution in [-0.2, 0) is 0 Å². The van der Waals surface area contributed by atoms with Gasteiger partial charge in [-0.15, -0.1) is 24.0 Å². The molecular formula is C14H32IN5. The fraction of sp³-hybridized carbons (Fsp3) is 0.929. The predicted molar refractivity (Wildman–Crippen MR) is 98.2 cm³/mol. The number of guanidine groups is 1. The maximum Gasteiger partial charge on any atom is 0.191 e. The zero-order valence-electron chi connectivity index (χ0n) is 13.6. The van der Waals surface area contributed by atoms with E-state index in [9.17, 15) is 0 Å². The van der Waals surface area contributed by atoms with Crippen LogP contribution in [0.15, 0.2) is 4.99 Å². The van der Waals surface area contributed by atoms with E-state index >= 15 is 0 Å². The fourth-order valence-electron chi connectivity index (χ4n) is 2.36. The van der Waals surface area contributed by atoms with Gasteiger partial charge in [-0.3, -0.25) is 9.89 Å². The van der Waals surface area contributed by atoms with Crippen LogP contribution in [0.25, 0.3) is 0 Å². The van der Waals surface area contributed by atoms with Crippen molar-refractivity contribution in [3.05, 3.63) is 0 Å². The van der Waals surface area contributed by atoms with Crippen molar-refractivity contribution in [1.29, 1.82) is 0 Å². The molecule has 0 aromatic rings. The molecule has 1 aliphatic heterocycles. The number of hydrogen-bond donors (Lipinski definition) is 2. The van der Waals surface area contributed by atoms with Crippen LogP contribution in [0, 0.1) is 0 Å². The molecule has 1 rings (SSSR count). The molecule has 2 N–H and O–H groups in total. The SMILES string of the molecule is CCN1CCN(C(C)CNC(=NC)NC(C)C)CC1.I. The Kier molecular flexibility index (Phi) is 10.6. The van der Waals surface area contributed by atoms with Crippen molar-refractivity contribution in [2.75, 3.05) is 46.3 Å². The van der Waals surface area contributed by atoms with Gasteiger partial charge in [-0.1, -0.05) is 6.92 Å². The van der Waals surface area contributed by atoms with Crippen LogP contribution in [0.3, 0.4) is 0 Å². The van der Waals surface area contributed by atoms with Crippen LogP contribution in [-0.4, -0.2) is 74.2 Å². The number of likely N-dealkylation sites (N-methyl/N-ethyl adjacent to an activating group) is 1. The third kappa shape index (κ3) is 7.08.